The molecule has 0 amide bonds. The first-order valence-corrected chi connectivity index (χ1v) is 16.3. The monoisotopic (exact) mass is 570 g/mol. The Morgan fingerprint density at radius 3 is 2.52 bits per heavy atom. The molecule has 8 atom stereocenters. The van der Waals surface area contributed by atoms with E-state index in [9.17, 15) is 19.8 Å². The van der Waals surface area contributed by atoms with Crippen LogP contribution in [0.1, 0.15) is 69.9 Å². The number of carbonyl (C=O) groups excluding carboxylic acids is 2. The molecule has 6 nitrogen and oxygen atoms in total. The predicted molar refractivity (Wildman–Crippen MR) is 160 cm³/mol. The van der Waals surface area contributed by atoms with E-state index < -0.39 is 18.1 Å². The average Bonchev–Trinajstić information content (AvgIpc) is 3.39. The Labute approximate surface area is 249 Å². The van der Waals surface area contributed by atoms with Crippen LogP contribution in [0.2, 0.25) is 0 Å². The summed E-state index contributed by atoms with van der Waals surface area (Å²) in [6.45, 7) is 6.32. The summed E-state index contributed by atoms with van der Waals surface area (Å²) in [7, 11) is 0. The third kappa shape index (κ3) is 3.53. The number of nitrogens with two attached hydrogens (primary N) is 1. The van der Waals surface area contributed by atoms with Gasteiger partial charge in [0.05, 0.1) is 11.5 Å². The fraction of sp³-hybridized carbons (Fsp3) is 0.667. The number of aliphatic hydroxyl groups is 2. The second-order valence-electron chi connectivity index (χ2n) is 16.3. The van der Waals surface area contributed by atoms with E-state index in [2.05, 4.69) is 43.0 Å². The summed E-state index contributed by atoms with van der Waals surface area (Å²) in [6, 6.07) is 9.06. The standard InChI is InChI=1S/C36H46N2O4/c1-32-10-9-26(40)11-24(32)7-8-27-28-12-25-16-38(21-36(25,30(42)17-39)33(28,2)14-29(41)31(27)32)15-23-5-3-22(4-6-23)13-34-18-35(37,19-34)20-34/h3-6,9-11,25,27-29,31,39,41H,7-8,12-21,37H2,1-2H3/t25-,27-,28-,29-,31+,32-,33-,34?,35?,36+/m0/s1. The molecule has 7 aliphatic carbocycles. The van der Waals surface area contributed by atoms with Crippen LogP contribution >= 0.6 is 0 Å². The average molecular weight is 571 g/mol. The van der Waals surface area contributed by atoms with E-state index in [1.165, 1.54) is 30.4 Å². The molecule has 224 valence electrons. The third-order valence-electron chi connectivity index (χ3n) is 13.9. The molecule has 0 aromatic heterocycles. The molecular weight excluding hydrogens is 524 g/mol. The lowest BCUT2D eigenvalue weighted by Crippen LogP contribution is -2.72. The lowest BCUT2D eigenvalue weighted by molar-refractivity contribution is -0.159. The van der Waals surface area contributed by atoms with E-state index >= 15 is 0 Å². The zero-order valence-electron chi connectivity index (χ0n) is 25.1. The van der Waals surface area contributed by atoms with Crippen LogP contribution in [0.25, 0.3) is 0 Å². The Morgan fingerprint density at radius 1 is 1.12 bits per heavy atom. The van der Waals surface area contributed by atoms with Crippen molar-refractivity contribution in [2.75, 3.05) is 19.7 Å². The first-order valence-electron chi connectivity index (χ1n) is 16.3. The highest BCUT2D eigenvalue weighted by Gasteiger charge is 2.73. The van der Waals surface area contributed by atoms with Crippen LogP contribution in [0.15, 0.2) is 48.1 Å². The lowest BCUT2D eigenvalue weighted by atomic mass is 9.38. The number of Topliss-reactive ketones (excluding diaryl/α,β-unsaturated/α-hetero) is 1. The fourth-order valence-electron chi connectivity index (χ4n) is 12.5. The summed E-state index contributed by atoms with van der Waals surface area (Å²) < 4.78 is 0. The van der Waals surface area contributed by atoms with Crippen molar-refractivity contribution in [3.63, 3.8) is 0 Å². The number of hydrogen-bond acceptors (Lipinski definition) is 6. The summed E-state index contributed by atoms with van der Waals surface area (Å²) >= 11 is 0. The first kappa shape index (κ1) is 27.4. The number of benzene rings is 1. The van der Waals surface area contributed by atoms with Crippen molar-refractivity contribution in [2.45, 2.75) is 83.4 Å². The molecule has 0 unspecified atom stereocenters. The number of fused-ring (bicyclic) bond motifs is 7. The van der Waals surface area contributed by atoms with Crippen molar-refractivity contribution in [1.29, 1.82) is 0 Å². The van der Waals surface area contributed by atoms with Crippen LogP contribution in [0, 0.1) is 45.3 Å². The van der Waals surface area contributed by atoms with E-state index in [1.54, 1.807) is 12.2 Å². The highest BCUT2D eigenvalue weighted by atomic mass is 16.3. The van der Waals surface area contributed by atoms with Gasteiger partial charge < -0.3 is 15.9 Å². The summed E-state index contributed by atoms with van der Waals surface area (Å²) in [5.41, 5.74) is 9.35. The maximum Gasteiger partial charge on any atom is 0.178 e. The molecule has 6 heteroatoms. The Balaban J connectivity index is 1.03. The number of allylic oxidation sites excluding steroid dienone is 4. The van der Waals surface area contributed by atoms with Gasteiger partial charge in [-0.05, 0) is 103 Å². The number of likely N-dealkylation sites (tertiary alicyclic amines) is 1. The van der Waals surface area contributed by atoms with Crippen molar-refractivity contribution in [1.82, 2.24) is 4.90 Å². The second-order valence-corrected chi connectivity index (χ2v) is 16.3. The first-order chi connectivity index (χ1) is 19.9. The molecule has 4 N–H and O–H groups in total. The van der Waals surface area contributed by atoms with Crippen molar-refractivity contribution >= 4 is 11.6 Å². The van der Waals surface area contributed by atoms with Crippen LogP contribution in [0.5, 0.6) is 0 Å². The van der Waals surface area contributed by atoms with E-state index in [4.69, 9.17) is 5.73 Å². The largest absolute Gasteiger partial charge is 0.393 e. The van der Waals surface area contributed by atoms with E-state index in [1.807, 2.05) is 6.08 Å². The minimum absolute atomic E-state index is 0.0389. The molecule has 9 rings (SSSR count). The third-order valence-corrected chi connectivity index (χ3v) is 13.9. The molecule has 6 saturated carbocycles. The molecule has 1 heterocycles. The molecule has 1 aliphatic heterocycles. The number of hydrogen-bond donors (Lipinski definition) is 3. The van der Waals surface area contributed by atoms with E-state index in [0.717, 1.165) is 44.3 Å². The van der Waals surface area contributed by atoms with Gasteiger partial charge in [0.1, 0.15) is 6.61 Å². The number of aliphatic hydroxyl groups excluding tert-OH is 2. The lowest BCUT2D eigenvalue weighted by Gasteiger charge is -2.69. The Hall–Kier alpha value is -2.12. The van der Waals surface area contributed by atoms with Gasteiger partial charge in [-0.2, -0.15) is 0 Å². The van der Waals surface area contributed by atoms with E-state index in [-0.39, 0.29) is 39.8 Å². The SMILES string of the molecule is C[C@]12C=CC(=O)C=C1CC[C@@H]1[C@@H]2[C@@H](O)C[C@@]2(C)[C@H]1C[C@H]1CN(Cc3ccc(CC45CC(N)(C4)C5)cc3)C[C@]12C(=O)CO. The van der Waals surface area contributed by atoms with Crippen molar-refractivity contribution < 1.29 is 19.8 Å². The summed E-state index contributed by atoms with van der Waals surface area (Å²) in [5, 5.41) is 22.2. The number of ketones is 2. The van der Waals surface area contributed by atoms with Crippen molar-refractivity contribution in [2.24, 2.45) is 51.1 Å². The number of nitrogens with zero attached hydrogens (tertiary/aromatic N) is 1. The van der Waals surface area contributed by atoms with Crippen LogP contribution < -0.4 is 5.73 Å². The maximum atomic E-state index is 13.9. The molecule has 8 aliphatic rings. The summed E-state index contributed by atoms with van der Waals surface area (Å²) in [4.78, 5) is 28.5. The van der Waals surface area contributed by atoms with Gasteiger partial charge in [-0.15, -0.1) is 0 Å². The van der Waals surface area contributed by atoms with Crippen LogP contribution in [-0.4, -0.2) is 58.0 Å². The molecule has 0 radical (unpaired) electrons. The predicted octanol–water partition coefficient (Wildman–Crippen LogP) is 3.98. The Morgan fingerprint density at radius 2 is 1.83 bits per heavy atom. The van der Waals surface area contributed by atoms with Crippen LogP contribution in [0.4, 0.5) is 0 Å². The number of carbonyl (C=O) groups is 2. The highest BCUT2D eigenvalue weighted by molar-refractivity contribution is 6.01. The highest BCUT2D eigenvalue weighted by Crippen LogP contribution is 2.72. The molecular formula is C36H46N2O4. The molecule has 1 saturated heterocycles. The van der Waals surface area contributed by atoms with Gasteiger partial charge in [0, 0.05) is 36.5 Å². The van der Waals surface area contributed by atoms with E-state index in [0.29, 0.717) is 30.2 Å². The minimum Gasteiger partial charge on any atom is -0.393 e. The summed E-state index contributed by atoms with van der Waals surface area (Å²) in [6.07, 6.45) is 13.0. The number of rotatable bonds is 6. The quantitative estimate of drug-likeness (QED) is 0.478. The van der Waals surface area contributed by atoms with Crippen molar-refractivity contribution in [3.05, 3.63) is 59.2 Å². The zero-order chi connectivity index (χ0) is 29.3. The minimum atomic E-state index is -0.643. The molecule has 2 bridgehead atoms. The molecule has 0 spiro atoms. The second kappa shape index (κ2) is 8.74. The normalized spacial score (nSPS) is 48.4. The molecule has 1 aromatic rings. The molecule has 7 fully saturated rings. The maximum absolute atomic E-state index is 13.9. The van der Waals surface area contributed by atoms with Gasteiger partial charge in [0.25, 0.3) is 0 Å². The van der Waals surface area contributed by atoms with Crippen molar-refractivity contribution in [3.8, 4) is 0 Å². The topological polar surface area (TPSA) is 104 Å². The van der Waals surface area contributed by atoms with Gasteiger partial charge in [0.2, 0.25) is 0 Å². The Kier molecular flexibility index (Phi) is 5.71. The van der Waals surface area contributed by atoms with Gasteiger partial charge >= 0.3 is 0 Å². The van der Waals surface area contributed by atoms with Crippen LogP contribution in [-0.2, 0) is 22.6 Å². The van der Waals surface area contributed by atoms with Gasteiger partial charge in [-0.3, -0.25) is 14.5 Å². The van der Waals surface area contributed by atoms with Gasteiger partial charge in [0.15, 0.2) is 11.6 Å². The Bertz CT molecular complexity index is 1390. The fourth-order valence-corrected chi connectivity index (χ4v) is 12.5. The van der Waals surface area contributed by atoms with Gasteiger partial charge in [-0.1, -0.05) is 49.8 Å². The molecule has 42 heavy (non-hydrogen) atoms. The molecule has 1 aromatic carbocycles. The van der Waals surface area contributed by atoms with Gasteiger partial charge in [-0.25, -0.2) is 0 Å². The summed E-state index contributed by atoms with van der Waals surface area (Å²) in [5.74, 6) is 0.857. The smallest absolute Gasteiger partial charge is 0.178 e. The zero-order valence-corrected chi connectivity index (χ0v) is 25.1. The van der Waals surface area contributed by atoms with Crippen LogP contribution in [0.3, 0.4) is 0 Å².